The lowest BCUT2D eigenvalue weighted by Gasteiger charge is -2.15. The predicted octanol–water partition coefficient (Wildman–Crippen LogP) is 2.63. The van der Waals surface area contributed by atoms with Gasteiger partial charge in [0.2, 0.25) is 0 Å². The number of carbonyl (C=O) groups excluding carboxylic acids is 2. The van der Waals surface area contributed by atoms with Crippen LogP contribution in [0.3, 0.4) is 0 Å². The van der Waals surface area contributed by atoms with Crippen LogP contribution in [-0.2, 0) is 14.3 Å². The van der Waals surface area contributed by atoms with Crippen LogP contribution >= 0.6 is 0 Å². The van der Waals surface area contributed by atoms with Crippen molar-refractivity contribution in [1.29, 1.82) is 0 Å². The molecule has 1 aromatic carbocycles. The maximum absolute atomic E-state index is 10.9. The molecule has 0 saturated heterocycles. The Kier molecular flexibility index (Phi) is 4.69. The first-order valence-electron chi connectivity index (χ1n) is 5.48. The Balaban J connectivity index is 2.77. The van der Waals surface area contributed by atoms with Crippen LogP contribution in [0.25, 0.3) is 0 Å². The van der Waals surface area contributed by atoms with Gasteiger partial charge in [0.15, 0.2) is 0 Å². The van der Waals surface area contributed by atoms with Crippen molar-refractivity contribution >= 4 is 11.9 Å². The second-order valence-corrected chi connectivity index (χ2v) is 3.67. The van der Waals surface area contributed by atoms with E-state index in [1.165, 1.54) is 13.8 Å². The Morgan fingerprint density at radius 1 is 1.12 bits per heavy atom. The smallest absolute Gasteiger partial charge is 0.308 e. The van der Waals surface area contributed by atoms with Gasteiger partial charge in [-0.1, -0.05) is 19.1 Å². The molecule has 0 spiro atoms. The number of ether oxygens (including phenoxy) is 2. The Hall–Kier alpha value is -1.84. The molecule has 0 amide bonds. The fraction of sp³-hybridized carbons (Fsp3) is 0.385. The quantitative estimate of drug-likeness (QED) is 0.595. The van der Waals surface area contributed by atoms with Crippen molar-refractivity contribution in [1.82, 2.24) is 0 Å². The minimum absolute atomic E-state index is 0.251. The van der Waals surface area contributed by atoms with Crippen LogP contribution in [0.15, 0.2) is 24.3 Å². The summed E-state index contributed by atoms with van der Waals surface area (Å²) in [7, 11) is 0. The maximum atomic E-state index is 10.9. The third-order valence-corrected chi connectivity index (χ3v) is 2.19. The number of rotatable bonds is 4. The van der Waals surface area contributed by atoms with Crippen LogP contribution in [-0.4, -0.2) is 11.9 Å². The number of benzene rings is 1. The fourth-order valence-electron chi connectivity index (χ4n) is 1.50. The molecule has 0 aliphatic rings. The van der Waals surface area contributed by atoms with Crippen molar-refractivity contribution in [2.24, 2.45) is 0 Å². The third-order valence-electron chi connectivity index (χ3n) is 2.19. The van der Waals surface area contributed by atoms with E-state index in [1.807, 2.05) is 6.92 Å². The van der Waals surface area contributed by atoms with Crippen molar-refractivity contribution in [3.8, 4) is 5.75 Å². The average molecular weight is 236 g/mol. The SMILES string of the molecule is CC[C@@H](OC(C)=O)c1ccc(OC(C)=O)cc1. The van der Waals surface area contributed by atoms with Gasteiger partial charge >= 0.3 is 11.9 Å². The summed E-state index contributed by atoms with van der Waals surface area (Å²) in [5.74, 6) is -0.176. The summed E-state index contributed by atoms with van der Waals surface area (Å²) in [4.78, 5) is 21.6. The Morgan fingerprint density at radius 2 is 1.71 bits per heavy atom. The molecule has 92 valence electrons. The monoisotopic (exact) mass is 236 g/mol. The molecule has 0 N–H and O–H groups in total. The molecule has 0 aromatic heterocycles. The summed E-state index contributed by atoms with van der Waals surface area (Å²) in [6.07, 6.45) is 0.450. The molecule has 1 rings (SSSR count). The lowest BCUT2D eigenvalue weighted by atomic mass is 10.1. The van der Waals surface area contributed by atoms with Crippen molar-refractivity contribution in [3.05, 3.63) is 29.8 Å². The van der Waals surface area contributed by atoms with E-state index in [2.05, 4.69) is 0 Å². The highest BCUT2D eigenvalue weighted by Crippen LogP contribution is 2.23. The molecule has 0 aliphatic heterocycles. The van der Waals surface area contributed by atoms with E-state index in [1.54, 1.807) is 24.3 Å². The minimum Gasteiger partial charge on any atom is -0.458 e. The number of esters is 2. The zero-order valence-electron chi connectivity index (χ0n) is 10.2. The van der Waals surface area contributed by atoms with Crippen molar-refractivity contribution < 1.29 is 19.1 Å². The van der Waals surface area contributed by atoms with E-state index in [0.29, 0.717) is 12.2 Å². The summed E-state index contributed by atoms with van der Waals surface area (Å²) in [6.45, 7) is 4.67. The van der Waals surface area contributed by atoms with Gasteiger partial charge in [-0.2, -0.15) is 0 Å². The first-order chi connectivity index (χ1) is 8.02. The fourth-order valence-corrected chi connectivity index (χ4v) is 1.50. The van der Waals surface area contributed by atoms with Crippen LogP contribution in [0, 0.1) is 0 Å². The zero-order chi connectivity index (χ0) is 12.8. The molecular formula is C13H16O4. The summed E-state index contributed by atoms with van der Waals surface area (Å²) in [5.41, 5.74) is 0.888. The van der Waals surface area contributed by atoms with Gasteiger partial charge in [0.25, 0.3) is 0 Å². The second-order valence-electron chi connectivity index (χ2n) is 3.67. The van der Waals surface area contributed by atoms with E-state index >= 15 is 0 Å². The van der Waals surface area contributed by atoms with E-state index in [4.69, 9.17) is 9.47 Å². The van der Waals surface area contributed by atoms with E-state index in [-0.39, 0.29) is 18.0 Å². The summed E-state index contributed by atoms with van der Waals surface area (Å²) < 4.78 is 10.1. The highest BCUT2D eigenvalue weighted by atomic mass is 16.5. The number of hydrogen-bond donors (Lipinski definition) is 0. The van der Waals surface area contributed by atoms with Gasteiger partial charge in [-0.05, 0) is 24.1 Å². The first-order valence-corrected chi connectivity index (χ1v) is 5.48. The van der Waals surface area contributed by atoms with Crippen molar-refractivity contribution in [2.45, 2.75) is 33.3 Å². The van der Waals surface area contributed by atoms with Gasteiger partial charge in [0.05, 0.1) is 0 Å². The Labute approximate surface area is 101 Å². The highest BCUT2D eigenvalue weighted by molar-refractivity contribution is 5.69. The molecule has 1 atom stereocenters. The Bertz CT molecular complexity index is 394. The topological polar surface area (TPSA) is 52.6 Å². The Morgan fingerprint density at radius 3 is 2.12 bits per heavy atom. The van der Waals surface area contributed by atoms with Gasteiger partial charge < -0.3 is 9.47 Å². The molecule has 0 saturated carbocycles. The van der Waals surface area contributed by atoms with Crippen LogP contribution in [0.1, 0.15) is 38.9 Å². The van der Waals surface area contributed by atoms with Crippen molar-refractivity contribution in [2.75, 3.05) is 0 Å². The number of carbonyl (C=O) groups is 2. The molecule has 0 bridgehead atoms. The van der Waals surface area contributed by atoms with E-state index in [9.17, 15) is 9.59 Å². The third kappa shape index (κ3) is 4.26. The normalized spacial score (nSPS) is 11.7. The summed E-state index contributed by atoms with van der Waals surface area (Å²) >= 11 is 0. The predicted molar refractivity (Wildman–Crippen MR) is 62.5 cm³/mol. The molecule has 0 radical (unpaired) electrons. The lowest BCUT2D eigenvalue weighted by molar-refractivity contribution is -0.146. The maximum Gasteiger partial charge on any atom is 0.308 e. The van der Waals surface area contributed by atoms with Crippen molar-refractivity contribution in [3.63, 3.8) is 0 Å². The summed E-state index contributed by atoms with van der Waals surface area (Å²) in [5, 5.41) is 0. The van der Waals surface area contributed by atoms with Gasteiger partial charge in [-0.3, -0.25) is 9.59 Å². The molecule has 4 nitrogen and oxygen atoms in total. The molecule has 0 aliphatic carbocycles. The molecule has 4 heteroatoms. The molecular weight excluding hydrogens is 220 g/mol. The molecule has 17 heavy (non-hydrogen) atoms. The van der Waals surface area contributed by atoms with Gasteiger partial charge in [0, 0.05) is 13.8 Å². The zero-order valence-corrected chi connectivity index (χ0v) is 10.2. The van der Waals surface area contributed by atoms with Crippen LogP contribution in [0.2, 0.25) is 0 Å². The lowest BCUT2D eigenvalue weighted by Crippen LogP contribution is -2.07. The van der Waals surface area contributed by atoms with Crippen LogP contribution in [0.5, 0.6) is 5.75 Å². The summed E-state index contributed by atoms with van der Waals surface area (Å²) in [6, 6.07) is 6.94. The standard InChI is InChI=1S/C13H16O4/c1-4-13(17-10(3)15)11-5-7-12(8-6-11)16-9(2)14/h5-8,13H,4H2,1-3H3/t13-/m1/s1. The first kappa shape index (κ1) is 13.2. The molecule has 1 aromatic rings. The van der Waals surface area contributed by atoms with E-state index in [0.717, 1.165) is 5.56 Å². The molecule has 0 heterocycles. The van der Waals surface area contributed by atoms with Gasteiger partial charge in [0.1, 0.15) is 11.9 Å². The van der Waals surface area contributed by atoms with E-state index < -0.39 is 0 Å². The number of hydrogen-bond acceptors (Lipinski definition) is 4. The molecule has 0 fully saturated rings. The van der Waals surface area contributed by atoms with Gasteiger partial charge in [-0.15, -0.1) is 0 Å². The largest absolute Gasteiger partial charge is 0.458 e. The minimum atomic E-state index is -0.357. The second kappa shape index (κ2) is 6.03. The van der Waals surface area contributed by atoms with Gasteiger partial charge in [-0.25, -0.2) is 0 Å². The highest BCUT2D eigenvalue weighted by Gasteiger charge is 2.12. The average Bonchev–Trinajstić information content (AvgIpc) is 2.26. The van der Waals surface area contributed by atoms with Crippen LogP contribution < -0.4 is 4.74 Å². The molecule has 0 unspecified atom stereocenters. The van der Waals surface area contributed by atoms with Crippen LogP contribution in [0.4, 0.5) is 0 Å².